The van der Waals surface area contributed by atoms with E-state index in [0.29, 0.717) is 29.6 Å². The molecule has 0 unspecified atom stereocenters. The second-order valence-electron chi connectivity index (χ2n) is 4.37. The molecular weight excluding hydrogens is 300 g/mol. The number of aliphatic carboxylic acids is 1. The summed E-state index contributed by atoms with van der Waals surface area (Å²) in [6.45, 7) is 0. The van der Waals surface area contributed by atoms with E-state index in [0.717, 1.165) is 0 Å². The van der Waals surface area contributed by atoms with E-state index in [1.807, 2.05) is 0 Å². The van der Waals surface area contributed by atoms with Gasteiger partial charge < -0.3 is 10.4 Å². The molecule has 0 aromatic carbocycles. The number of hydrogen-bond acceptors (Lipinski definition) is 3. The van der Waals surface area contributed by atoms with Gasteiger partial charge in [-0.15, -0.1) is 0 Å². The second-order valence-corrected chi connectivity index (χ2v) is 5.22. The molecule has 96 valence electrons. The van der Waals surface area contributed by atoms with Gasteiger partial charge in [0.2, 0.25) is 5.91 Å². The van der Waals surface area contributed by atoms with Crippen molar-refractivity contribution in [2.75, 3.05) is 5.32 Å². The summed E-state index contributed by atoms with van der Waals surface area (Å²) in [7, 11) is 0. The number of amides is 1. The van der Waals surface area contributed by atoms with Crippen LogP contribution in [0.25, 0.3) is 0 Å². The number of carbonyl (C=O) groups excluding carboxylic acids is 1. The number of nitrogens with one attached hydrogen (secondary N) is 1. The van der Waals surface area contributed by atoms with Crippen LogP contribution in [0.1, 0.15) is 19.3 Å². The Kier molecular flexibility index (Phi) is 3.96. The summed E-state index contributed by atoms with van der Waals surface area (Å²) in [4.78, 5) is 26.8. The third-order valence-corrected chi connectivity index (χ3v) is 3.79. The van der Waals surface area contributed by atoms with E-state index in [1.54, 1.807) is 18.3 Å². The monoisotopic (exact) mass is 312 g/mol. The van der Waals surface area contributed by atoms with Crippen LogP contribution in [0.4, 0.5) is 5.82 Å². The lowest BCUT2D eigenvalue weighted by molar-refractivity contribution is -0.141. The largest absolute Gasteiger partial charge is 0.481 e. The highest BCUT2D eigenvalue weighted by Crippen LogP contribution is 2.32. The molecule has 0 aliphatic heterocycles. The topological polar surface area (TPSA) is 79.3 Å². The Bertz CT molecular complexity index is 478. The van der Waals surface area contributed by atoms with Crippen molar-refractivity contribution in [3.8, 4) is 0 Å². The summed E-state index contributed by atoms with van der Waals surface area (Å²) < 4.78 is 0.714. The Hall–Kier alpha value is -1.43. The maximum absolute atomic E-state index is 12.0. The van der Waals surface area contributed by atoms with Gasteiger partial charge >= 0.3 is 5.97 Å². The molecule has 0 bridgehead atoms. The zero-order valence-corrected chi connectivity index (χ0v) is 11.2. The van der Waals surface area contributed by atoms with Crippen LogP contribution in [0.5, 0.6) is 0 Å². The maximum Gasteiger partial charge on any atom is 0.306 e. The Morgan fingerprint density at radius 3 is 2.72 bits per heavy atom. The normalized spacial score (nSPS) is 22.7. The fourth-order valence-corrected chi connectivity index (χ4v) is 2.49. The molecule has 1 aliphatic rings. The van der Waals surface area contributed by atoms with E-state index in [9.17, 15) is 9.59 Å². The van der Waals surface area contributed by atoms with E-state index in [4.69, 9.17) is 5.11 Å². The zero-order valence-electron chi connectivity index (χ0n) is 9.60. The molecule has 1 aromatic heterocycles. The number of anilines is 1. The third-order valence-electron chi connectivity index (χ3n) is 3.15. The fourth-order valence-electron chi connectivity index (χ4n) is 2.14. The molecule has 2 N–H and O–H groups in total. The predicted octanol–water partition coefficient (Wildman–Crippen LogP) is 2.28. The number of carboxylic acids is 1. The molecule has 6 heteroatoms. The van der Waals surface area contributed by atoms with Gasteiger partial charge in [0, 0.05) is 12.1 Å². The van der Waals surface area contributed by atoms with Gasteiger partial charge in [0.25, 0.3) is 0 Å². The molecule has 2 atom stereocenters. The van der Waals surface area contributed by atoms with Crippen LogP contribution in [0.3, 0.4) is 0 Å². The summed E-state index contributed by atoms with van der Waals surface area (Å²) in [5.74, 6) is -1.13. The average Bonchev–Trinajstić information content (AvgIpc) is 2.81. The van der Waals surface area contributed by atoms with E-state index in [1.165, 1.54) is 0 Å². The van der Waals surface area contributed by atoms with Gasteiger partial charge in [0.05, 0.1) is 10.4 Å². The number of carboxylic acid groups (broad SMARTS) is 1. The fraction of sp³-hybridized carbons (Fsp3) is 0.417. The van der Waals surface area contributed by atoms with E-state index in [2.05, 4.69) is 26.2 Å². The summed E-state index contributed by atoms with van der Waals surface area (Å²) >= 11 is 3.30. The summed E-state index contributed by atoms with van der Waals surface area (Å²) in [5, 5.41) is 11.6. The first kappa shape index (κ1) is 13.0. The molecule has 0 saturated heterocycles. The van der Waals surface area contributed by atoms with Crippen molar-refractivity contribution in [3.05, 3.63) is 22.8 Å². The number of hydrogen-bond donors (Lipinski definition) is 2. The van der Waals surface area contributed by atoms with Crippen molar-refractivity contribution in [2.45, 2.75) is 19.3 Å². The second kappa shape index (κ2) is 5.48. The van der Waals surface area contributed by atoms with Crippen molar-refractivity contribution in [2.24, 2.45) is 11.8 Å². The van der Waals surface area contributed by atoms with Crippen LogP contribution < -0.4 is 5.32 Å². The Morgan fingerprint density at radius 1 is 1.39 bits per heavy atom. The first-order chi connectivity index (χ1) is 8.58. The lowest BCUT2D eigenvalue weighted by Gasteiger charge is -2.11. The number of pyridine rings is 1. The highest BCUT2D eigenvalue weighted by molar-refractivity contribution is 9.10. The maximum atomic E-state index is 12.0. The summed E-state index contributed by atoms with van der Waals surface area (Å²) in [6, 6.07) is 3.55. The van der Waals surface area contributed by atoms with Crippen molar-refractivity contribution < 1.29 is 14.7 Å². The molecule has 1 heterocycles. The van der Waals surface area contributed by atoms with Crippen molar-refractivity contribution >= 4 is 33.6 Å². The van der Waals surface area contributed by atoms with E-state index in [-0.39, 0.29) is 11.8 Å². The Labute approximate surface area is 113 Å². The first-order valence-corrected chi connectivity index (χ1v) is 6.51. The lowest BCUT2D eigenvalue weighted by atomic mass is 10.0. The Morgan fingerprint density at radius 2 is 2.11 bits per heavy atom. The van der Waals surface area contributed by atoms with Crippen LogP contribution in [0.15, 0.2) is 22.8 Å². The minimum absolute atomic E-state index is 0.154. The van der Waals surface area contributed by atoms with E-state index < -0.39 is 11.9 Å². The molecule has 1 aromatic rings. The zero-order chi connectivity index (χ0) is 13.1. The number of aromatic nitrogens is 1. The molecule has 1 fully saturated rings. The molecule has 1 saturated carbocycles. The van der Waals surface area contributed by atoms with Gasteiger partial charge in [-0.25, -0.2) is 4.98 Å². The highest BCUT2D eigenvalue weighted by atomic mass is 79.9. The summed E-state index contributed by atoms with van der Waals surface area (Å²) in [6.07, 6.45) is 3.19. The molecule has 0 spiro atoms. The third kappa shape index (κ3) is 2.87. The van der Waals surface area contributed by atoms with Gasteiger partial charge in [-0.2, -0.15) is 0 Å². The van der Waals surface area contributed by atoms with Gasteiger partial charge in [-0.3, -0.25) is 9.59 Å². The first-order valence-electron chi connectivity index (χ1n) is 5.72. The molecule has 18 heavy (non-hydrogen) atoms. The SMILES string of the molecule is O=C(O)[C@H]1CC[C@@H](C(=O)Nc2ncccc2Br)C1. The number of rotatable bonds is 3. The summed E-state index contributed by atoms with van der Waals surface area (Å²) in [5.41, 5.74) is 0. The number of carbonyl (C=O) groups is 2. The van der Waals surface area contributed by atoms with Crippen LogP contribution in [0.2, 0.25) is 0 Å². The van der Waals surface area contributed by atoms with Crippen molar-refractivity contribution in [1.29, 1.82) is 0 Å². The number of nitrogens with zero attached hydrogens (tertiary/aromatic N) is 1. The predicted molar refractivity (Wildman–Crippen MR) is 69.0 cm³/mol. The van der Waals surface area contributed by atoms with Crippen LogP contribution in [-0.2, 0) is 9.59 Å². The van der Waals surface area contributed by atoms with Crippen LogP contribution in [-0.4, -0.2) is 22.0 Å². The quantitative estimate of drug-likeness (QED) is 0.897. The van der Waals surface area contributed by atoms with Crippen molar-refractivity contribution in [1.82, 2.24) is 4.98 Å². The molecule has 1 amide bonds. The van der Waals surface area contributed by atoms with Gasteiger partial charge in [-0.05, 0) is 47.3 Å². The van der Waals surface area contributed by atoms with E-state index >= 15 is 0 Å². The molecular formula is C12H13BrN2O3. The molecule has 5 nitrogen and oxygen atoms in total. The smallest absolute Gasteiger partial charge is 0.306 e. The van der Waals surface area contributed by atoms with Gasteiger partial charge in [0.15, 0.2) is 0 Å². The van der Waals surface area contributed by atoms with Gasteiger partial charge in [-0.1, -0.05) is 0 Å². The van der Waals surface area contributed by atoms with Gasteiger partial charge in [0.1, 0.15) is 5.82 Å². The lowest BCUT2D eigenvalue weighted by Crippen LogP contribution is -2.22. The molecule has 0 radical (unpaired) electrons. The minimum atomic E-state index is -0.815. The standard InChI is InChI=1S/C12H13BrN2O3/c13-9-2-1-5-14-10(9)15-11(16)7-3-4-8(6-7)12(17)18/h1-2,5,7-8H,3-4,6H2,(H,17,18)(H,14,15,16)/t7-,8+/m1/s1. The number of halogens is 1. The molecule has 2 rings (SSSR count). The van der Waals surface area contributed by atoms with Crippen LogP contribution in [0, 0.1) is 11.8 Å². The van der Waals surface area contributed by atoms with Crippen LogP contribution >= 0.6 is 15.9 Å². The average molecular weight is 313 g/mol. The van der Waals surface area contributed by atoms with Crippen molar-refractivity contribution in [3.63, 3.8) is 0 Å². The Balaban J connectivity index is 1.98. The molecule has 1 aliphatic carbocycles. The highest BCUT2D eigenvalue weighted by Gasteiger charge is 2.34. The minimum Gasteiger partial charge on any atom is -0.481 e.